The smallest absolute Gasteiger partial charge is 0.416 e. The van der Waals surface area contributed by atoms with Crippen LogP contribution in [0.15, 0.2) is 39.7 Å². The molecule has 0 aliphatic rings. The first-order valence-corrected chi connectivity index (χ1v) is 8.47. The minimum atomic E-state index is -4.62. The summed E-state index contributed by atoms with van der Waals surface area (Å²) in [5, 5.41) is 7.39. The van der Waals surface area contributed by atoms with Gasteiger partial charge in [-0.25, -0.2) is 4.79 Å². The van der Waals surface area contributed by atoms with Crippen LogP contribution in [0.25, 0.3) is 11.1 Å². The predicted octanol–water partition coefficient (Wildman–Crippen LogP) is 3.71. The van der Waals surface area contributed by atoms with E-state index in [1.807, 2.05) is 0 Å². The van der Waals surface area contributed by atoms with E-state index in [0.29, 0.717) is 0 Å². The van der Waals surface area contributed by atoms with Crippen molar-refractivity contribution in [1.29, 1.82) is 0 Å². The van der Waals surface area contributed by atoms with Crippen LogP contribution in [0.5, 0.6) is 0 Å². The average molecular weight is 428 g/mol. The zero-order valence-corrected chi connectivity index (χ0v) is 15.8. The summed E-state index contributed by atoms with van der Waals surface area (Å²) < 4.78 is 50.5. The van der Waals surface area contributed by atoms with Gasteiger partial charge in [0.25, 0.3) is 5.56 Å². The Morgan fingerprint density at radius 1 is 1.24 bits per heavy atom. The number of methoxy groups -OCH3 is 1. The summed E-state index contributed by atoms with van der Waals surface area (Å²) in [4.78, 5) is 24.6. The van der Waals surface area contributed by atoms with Crippen molar-refractivity contribution in [2.75, 3.05) is 7.11 Å². The summed E-state index contributed by atoms with van der Waals surface area (Å²) in [5.41, 5.74) is -1.90. The van der Waals surface area contributed by atoms with Gasteiger partial charge in [0.05, 0.1) is 18.2 Å². The van der Waals surface area contributed by atoms with Crippen LogP contribution in [-0.2, 0) is 17.5 Å². The molecule has 3 aromatic rings. The molecule has 0 bridgehead atoms. The minimum Gasteiger partial charge on any atom is -0.465 e. The number of esters is 1. The maximum absolute atomic E-state index is 13.2. The molecule has 0 atom stereocenters. The van der Waals surface area contributed by atoms with Crippen molar-refractivity contribution >= 4 is 17.6 Å². The number of halogens is 4. The van der Waals surface area contributed by atoms with Gasteiger partial charge in [-0.2, -0.15) is 13.2 Å². The fourth-order valence-electron chi connectivity index (χ4n) is 2.65. The molecular formula is C18H13ClF3N3O4. The van der Waals surface area contributed by atoms with Crippen molar-refractivity contribution in [2.24, 2.45) is 0 Å². The molecule has 0 amide bonds. The zero-order chi connectivity index (χ0) is 21.3. The van der Waals surface area contributed by atoms with E-state index < -0.39 is 23.3 Å². The van der Waals surface area contributed by atoms with Crippen molar-refractivity contribution in [1.82, 2.24) is 14.8 Å². The summed E-state index contributed by atoms with van der Waals surface area (Å²) in [5.74, 6) is -0.511. The molecule has 2 heterocycles. The van der Waals surface area contributed by atoms with E-state index >= 15 is 0 Å². The van der Waals surface area contributed by atoms with E-state index in [0.717, 1.165) is 35.9 Å². The number of aryl methyl sites for hydroxylation is 1. The standard InChI is InChI=1S/C18H13ClF3N3O4/c1-9-23-24-15(29-9)8-25-7-13(12(6-16(25)26)17(27)28-2)11-5-10(18(20,21)22)3-4-14(11)19/h3-7H,8H2,1-2H3. The number of alkyl halides is 3. The first-order chi connectivity index (χ1) is 13.6. The maximum Gasteiger partial charge on any atom is 0.416 e. The van der Waals surface area contributed by atoms with Crippen LogP contribution in [0.1, 0.15) is 27.7 Å². The highest BCUT2D eigenvalue weighted by molar-refractivity contribution is 6.33. The van der Waals surface area contributed by atoms with Crippen LogP contribution in [0.4, 0.5) is 13.2 Å². The first kappa shape index (κ1) is 20.6. The van der Waals surface area contributed by atoms with Gasteiger partial charge in [0.1, 0.15) is 6.54 Å². The Morgan fingerprint density at radius 3 is 2.55 bits per heavy atom. The molecule has 29 heavy (non-hydrogen) atoms. The highest BCUT2D eigenvalue weighted by Crippen LogP contribution is 2.37. The number of nitrogens with zero attached hydrogens (tertiary/aromatic N) is 3. The van der Waals surface area contributed by atoms with Gasteiger partial charge in [-0.15, -0.1) is 10.2 Å². The Hall–Kier alpha value is -3.14. The molecule has 0 aliphatic carbocycles. The molecule has 0 saturated heterocycles. The minimum absolute atomic E-state index is 0.0104. The Balaban J connectivity index is 2.21. The van der Waals surface area contributed by atoms with E-state index in [4.69, 9.17) is 16.0 Å². The molecule has 0 fully saturated rings. The van der Waals surface area contributed by atoms with Gasteiger partial charge in [-0.3, -0.25) is 4.79 Å². The normalized spacial score (nSPS) is 11.5. The lowest BCUT2D eigenvalue weighted by Crippen LogP contribution is -2.23. The number of hydrogen-bond donors (Lipinski definition) is 0. The number of aromatic nitrogens is 3. The van der Waals surface area contributed by atoms with Crippen molar-refractivity contribution in [3.8, 4) is 11.1 Å². The Kier molecular flexibility index (Phi) is 5.47. The van der Waals surface area contributed by atoms with Crippen molar-refractivity contribution in [3.05, 3.63) is 68.7 Å². The molecule has 3 rings (SSSR count). The zero-order valence-electron chi connectivity index (χ0n) is 15.1. The van der Waals surface area contributed by atoms with Gasteiger partial charge in [0.15, 0.2) is 0 Å². The van der Waals surface area contributed by atoms with Gasteiger partial charge in [0.2, 0.25) is 11.8 Å². The molecule has 0 spiro atoms. The van der Waals surface area contributed by atoms with Crippen molar-refractivity contribution in [2.45, 2.75) is 19.6 Å². The van der Waals surface area contributed by atoms with Gasteiger partial charge in [0, 0.05) is 35.3 Å². The Labute approximate surface area is 166 Å². The second-order valence-corrected chi connectivity index (χ2v) is 6.37. The number of rotatable bonds is 4. The van der Waals surface area contributed by atoms with Crippen LogP contribution >= 0.6 is 11.6 Å². The van der Waals surface area contributed by atoms with Crippen LogP contribution in [0.3, 0.4) is 0 Å². The summed E-state index contributed by atoms with van der Waals surface area (Å²) in [6.45, 7) is 1.41. The molecule has 2 aromatic heterocycles. The number of ether oxygens (including phenoxy) is 1. The van der Waals surface area contributed by atoms with Gasteiger partial charge in [-0.1, -0.05) is 11.6 Å². The lowest BCUT2D eigenvalue weighted by Gasteiger charge is -2.15. The molecular weight excluding hydrogens is 415 g/mol. The quantitative estimate of drug-likeness (QED) is 0.590. The Bertz CT molecular complexity index is 1140. The maximum atomic E-state index is 13.2. The van der Waals surface area contributed by atoms with Gasteiger partial charge >= 0.3 is 12.1 Å². The summed E-state index contributed by atoms with van der Waals surface area (Å²) in [6.07, 6.45) is -3.42. The van der Waals surface area contributed by atoms with Crippen LogP contribution in [0, 0.1) is 6.92 Å². The number of carbonyl (C=O) groups is 1. The SMILES string of the molecule is COC(=O)c1cc(=O)n(Cc2nnc(C)o2)cc1-c1cc(C(F)(F)F)ccc1Cl. The summed E-state index contributed by atoms with van der Waals surface area (Å²) >= 11 is 6.11. The van der Waals surface area contributed by atoms with Gasteiger partial charge < -0.3 is 13.7 Å². The number of carbonyl (C=O) groups excluding carboxylic acids is 1. The average Bonchev–Trinajstić information content (AvgIpc) is 3.06. The second kappa shape index (κ2) is 7.70. The molecule has 152 valence electrons. The van der Waals surface area contributed by atoms with Crippen LogP contribution < -0.4 is 5.56 Å². The largest absolute Gasteiger partial charge is 0.465 e. The monoisotopic (exact) mass is 427 g/mol. The van der Waals surface area contributed by atoms with E-state index in [1.165, 1.54) is 6.20 Å². The van der Waals surface area contributed by atoms with Crippen LogP contribution in [0.2, 0.25) is 5.02 Å². The molecule has 0 radical (unpaired) electrons. The van der Waals surface area contributed by atoms with Crippen molar-refractivity contribution in [3.63, 3.8) is 0 Å². The third-order valence-corrected chi connectivity index (χ3v) is 4.32. The summed E-state index contributed by atoms with van der Waals surface area (Å²) in [6, 6.07) is 3.65. The second-order valence-electron chi connectivity index (χ2n) is 5.97. The molecule has 0 N–H and O–H groups in total. The van der Waals surface area contributed by atoms with Gasteiger partial charge in [-0.05, 0) is 18.2 Å². The third-order valence-electron chi connectivity index (χ3n) is 3.99. The fourth-order valence-corrected chi connectivity index (χ4v) is 2.86. The predicted molar refractivity (Wildman–Crippen MR) is 95.6 cm³/mol. The van der Waals surface area contributed by atoms with E-state index in [1.54, 1.807) is 6.92 Å². The fraction of sp³-hybridized carbons (Fsp3) is 0.222. The van der Waals surface area contributed by atoms with E-state index in [9.17, 15) is 22.8 Å². The third kappa shape index (κ3) is 4.32. The topological polar surface area (TPSA) is 87.2 Å². The Morgan fingerprint density at radius 2 is 1.97 bits per heavy atom. The van der Waals surface area contributed by atoms with E-state index in [-0.39, 0.29) is 40.0 Å². The van der Waals surface area contributed by atoms with Crippen LogP contribution in [-0.4, -0.2) is 27.8 Å². The molecule has 1 aromatic carbocycles. The van der Waals surface area contributed by atoms with Crippen molar-refractivity contribution < 1.29 is 27.1 Å². The first-order valence-electron chi connectivity index (χ1n) is 8.09. The number of benzene rings is 1. The lowest BCUT2D eigenvalue weighted by molar-refractivity contribution is -0.137. The molecule has 0 aliphatic heterocycles. The molecule has 7 nitrogen and oxygen atoms in total. The molecule has 0 unspecified atom stereocenters. The highest BCUT2D eigenvalue weighted by Gasteiger charge is 2.31. The summed E-state index contributed by atoms with van der Waals surface area (Å²) in [7, 11) is 1.09. The number of pyridine rings is 1. The molecule has 0 saturated carbocycles. The van der Waals surface area contributed by atoms with E-state index in [2.05, 4.69) is 14.9 Å². The number of hydrogen-bond acceptors (Lipinski definition) is 6. The molecule has 11 heteroatoms. The highest BCUT2D eigenvalue weighted by atomic mass is 35.5. The lowest BCUT2D eigenvalue weighted by atomic mass is 9.99.